The van der Waals surface area contributed by atoms with Crippen LogP contribution in [0.4, 0.5) is 0 Å². The predicted molar refractivity (Wildman–Crippen MR) is 95.8 cm³/mol. The molecule has 1 atom stereocenters. The molecule has 6 heteroatoms. The molecule has 1 unspecified atom stereocenters. The smallest absolute Gasteiger partial charge is 0.339 e. The lowest BCUT2D eigenvalue weighted by molar-refractivity contribution is -0.131. The van der Waals surface area contributed by atoms with E-state index < -0.39 is 5.97 Å². The molecule has 1 aromatic carbocycles. The molecule has 0 aliphatic heterocycles. The van der Waals surface area contributed by atoms with Gasteiger partial charge in [-0.25, -0.2) is 4.79 Å². The lowest BCUT2D eigenvalue weighted by atomic mass is 9.97. The summed E-state index contributed by atoms with van der Waals surface area (Å²) in [6, 6.07) is 9.09. The van der Waals surface area contributed by atoms with Crippen LogP contribution in [0.25, 0.3) is 0 Å². The number of carbonyl (C=O) groups is 2. The zero-order chi connectivity index (χ0) is 18.6. The Balaban J connectivity index is 1.90. The number of nitrogens with zero attached hydrogens (tertiary/aromatic N) is 1. The van der Waals surface area contributed by atoms with Crippen molar-refractivity contribution in [3.63, 3.8) is 0 Å². The van der Waals surface area contributed by atoms with Crippen LogP contribution in [0, 0.1) is 12.8 Å². The molecule has 1 heterocycles. The summed E-state index contributed by atoms with van der Waals surface area (Å²) in [4.78, 5) is 25.0. The summed E-state index contributed by atoms with van der Waals surface area (Å²) in [6.07, 6.45) is 1.20. The average molecular weight is 364 g/mol. The number of carbonyl (C=O) groups excluding carboxylic acids is 1. The molecular formula is C19H22ClNO4. The molecular weight excluding hydrogens is 342 g/mol. The first-order valence-corrected chi connectivity index (χ1v) is 8.45. The molecule has 5 nitrogen and oxygen atoms in total. The first-order valence-electron chi connectivity index (χ1n) is 8.07. The summed E-state index contributed by atoms with van der Waals surface area (Å²) < 4.78 is 5.42. The van der Waals surface area contributed by atoms with Gasteiger partial charge in [0.05, 0.1) is 6.54 Å². The van der Waals surface area contributed by atoms with E-state index in [1.54, 1.807) is 18.9 Å². The number of carboxylic acids is 1. The number of benzene rings is 1. The molecule has 0 aliphatic carbocycles. The number of furan rings is 1. The average Bonchev–Trinajstić information content (AvgIpc) is 2.90. The van der Waals surface area contributed by atoms with Crippen LogP contribution >= 0.6 is 11.6 Å². The Labute approximate surface area is 152 Å². The molecule has 1 N–H and O–H groups in total. The molecule has 0 saturated carbocycles. The Morgan fingerprint density at radius 3 is 2.48 bits per heavy atom. The van der Waals surface area contributed by atoms with Gasteiger partial charge in [0, 0.05) is 18.5 Å². The van der Waals surface area contributed by atoms with Crippen molar-refractivity contribution in [3.05, 3.63) is 58.0 Å². The van der Waals surface area contributed by atoms with E-state index in [0.29, 0.717) is 23.0 Å². The van der Waals surface area contributed by atoms with Crippen molar-refractivity contribution in [1.29, 1.82) is 0 Å². The number of amides is 1. The molecule has 0 radical (unpaired) electrons. The van der Waals surface area contributed by atoms with Gasteiger partial charge in [0.1, 0.15) is 17.1 Å². The maximum atomic E-state index is 12.4. The Hall–Kier alpha value is -2.27. The highest BCUT2D eigenvalue weighted by Crippen LogP contribution is 2.18. The van der Waals surface area contributed by atoms with Crippen molar-refractivity contribution in [2.45, 2.75) is 33.2 Å². The standard InChI is InChI=1S/C19H22ClNO4/c1-12(8-14-4-6-15(20)7-5-14)9-18(22)21(3)11-16-10-17(19(23)24)13(2)25-16/h4-7,10,12H,8-9,11H2,1-3H3,(H,23,24). The Kier molecular flexibility index (Phi) is 6.26. The summed E-state index contributed by atoms with van der Waals surface area (Å²) in [6.45, 7) is 3.88. The number of aromatic carboxylic acids is 1. The second-order valence-electron chi connectivity index (χ2n) is 6.38. The van der Waals surface area contributed by atoms with E-state index in [4.69, 9.17) is 21.1 Å². The summed E-state index contributed by atoms with van der Waals surface area (Å²) in [7, 11) is 1.69. The van der Waals surface area contributed by atoms with Crippen molar-refractivity contribution in [3.8, 4) is 0 Å². The lowest BCUT2D eigenvalue weighted by Crippen LogP contribution is -2.27. The number of hydrogen-bond donors (Lipinski definition) is 1. The number of halogens is 1. The third-order valence-corrected chi connectivity index (χ3v) is 4.29. The van der Waals surface area contributed by atoms with Gasteiger partial charge >= 0.3 is 5.97 Å². The van der Waals surface area contributed by atoms with Gasteiger partial charge < -0.3 is 14.4 Å². The van der Waals surface area contributed by atoms with Crippen molar-refractivity contribution in [2.24, 2.45) is 5.92 Å². The first kappa shape index (κ1) is 19.1. The highest BCUT2D eigenvalue weighted by Gasteiger charge is 2.18. The molecule has 0 spiro atoms. The number of aryl methyl sites for hydroxylation is 1. The zero-order valence-corrected chi connectivity index (χ0v) is 15.3. The largest absolute Gasteiger partial charge is 0.478 e. The quantitative estimate of drug-likeness (QED) is 0.801. The number of rotatable bonds is 7. The SMILES string of the molecule is Cc1oc(CN(C)C(=O)CC(C)Cc2ccc(Cl)cc2)cc1C(=O)O. The van der Waals surface area contributed by atoms with Gasteiger partial charge in [-0.2, -0.15) is 0 Å². The minimum Gasteiger partial charge on any atom is -0.478 e. The van der Waals surface area contributed by atoms with Crippen molar-refractivity contribution in [2.75, 3.05) is 7.05 Å². The summed E-state index contributed by atoms with van der Waals surface area (Å²) in [5.74, 6) is -0.0370. The van der Waals surface area contributed by atoms with Crippen LogP contribution in [-0.4, -0.2) is 28.9 Å². The predicted octanol–water partition coefficient (Wildman–Crippen LogP) is 4.17. The third-order valence-electron chi connectivity index (χ3n) is 4.04. The molecule has 2 aromatic rings. The van der Waals surface area contributed by atoms with Crippen molar-refractivity contribution in [1.82, 2.24) is 4.90 Å². The van der Waals surface area contributed by atoms with Gasteiger partial charge in [-0.3, -0.25) is 4.79 Å². The Morgan fingerprint density at radius 2 is 1.92 bits per heavy atom. The fourth-order valence-electron chi connectivity index (χ4n) is 2.70. The highest BCUT2D eigenvalue weighted by molar-refractivity contribution is 6.30. The normalized spacial score (nSPS) is 12.0. The maximum absolute atomic E-state index is 12.4. The van der Waals surface area contributed by atoms with Gasteiger partial charge in [0.25, 0.3) is 0 Å². The van der Waals surface area contributed by atoms with Crippen molar-refractivity contribution >= 4 is 23.5 Å². The molecule has 1 amide bonds. The lowest BCUT2D eigenvalue weighted by Gasteiger charge is -2.18. The third kappa shape index (κ3) is 5.36. The fourth-order valence-corrected chi connectivity index (χ4v) is 2.83. The molecule has 0 bridgehead atoms. The molecule has 0 saturated heterocycles. The minimum atomic E-state index is -1.03. The van der Waals surface area contributed by atoms with Crippen LogP contribution in [0.2, 0.25) is 5.02 Å². The van der Waals surface area contributed by atoms with E-state index in [9.17, 15) is 9.59 Å². The monoisotopic (exact) mass is 363 g/mol. The van der Waals surface area contributed by atoms with Gasteiger partial charge in [0.2, 0.25) is 5.91 Å². The van der Waals surface area contributed by atoms with Crippen LogP contribution in [0.15, 0.2) is 34.7 Å². The second kappa shape index (κ2) is 8.21. The zero-order valence-electron chi connectivity index (χ0n) is 14.6. The van der Waals surface area contributed by atoms with Crippen molar-refractivity contribution < 1.29 is 19.1 Å². The summed E-state index contributed by atoms with van der Waals surface area (Å²) in [5, 5.41) is 9.75. The topological polar surface area (TPSA) is 70.8 Å². The van der Waals surface area contributed by atoms with E-state index >= 15 is 0 Å². The Morgan fingerprint density at radius 1 is 1.28 bits per heavy atom. The number of carboxylic acid groups (broad SMARTS) is 1. The summed E-state index contributed by atoms with van der Waals surface area (Å²) >= 11 is 5.88. The molecule has 2 rings (SSSR count). The van der Waals surface area contributed by atoms with Crippen LogP contribution in [0.1, 0.15) is 40.8 Å². The minimum absolute atomic E-state index is 0.00704. The van der Waals surface area contributed by atoms with E-state index in [-0.39, 0.29) is 23.9 Å². The van der Waals surface area contributed by atoms with Crippen LogP contribution in [0.3, 0.4) is 0 Å². The molecule has 0 aliphatic rings. The molecule has 134 valence electrons. The molecule has 1 aromatic heterocycles. The molecule has 25 heavy (non-hydrogen) atoms. The summed E-state index contributed by atoms with van der Waals surface area (Å²) in [5.41, 5.74) is 1.27. The van der Waals surface area contributed by atoms with E-state index in [1.165, 1.54) is 6.07 Å². The van der Waals surface area contributed by atoms with Crippen LogP contribution in [-0.2, 0) is 17.8 Å². The van der Waals surface area contributed by atoms with Gasteiger partial charge in [-0.1, -0.05) is 30.7 Å². The van der Waals surface area contributed by atoms with Gasteiger partial charge in [-0.05, 0) is 43.0 Å². The Bertz CT molecular complexity index is 751. The fraction of sp³-hybridized carbons (Fsp3) is 0.368. The highest BCUT2D eigenvalue weighted by atomic mass is 35.5. The van der Waals surface area contributed by atoms with Gasteiger partial charge in [0.15, 0.2) is 0 Å². The van der Waals surface area contributed by atoms with Crippen LogP contribution < -0.4 is 0 Å². The van der Waals surface area contributed by atoms with E-state index in [1.807, 2.05) is 31.2 Å². The number of hydrogen-bond acceptors (Lipinski definition) is 3. The van der Waals surface area contributed by atoms with E-state index in [0.717, 1.165) is 12.0 Å². The molecule has 0 fully saturated rings. The second-order valence-corrected chi connectivity index (χ2v) is 6.81. The first-order chi connectivity index (χ1) is 11.8. The van der Waals surface area contributed by atoms with Crippen LogP contribution in [0.5, 0.6) is 0 Å². The maximum Gasteiger partial charge on any atom is 0.339 e. The van der Waals surface area contributed by atoms with E-state index in [2.05, 4.69) is 0 Å². The van der Waals surface area contributed by atoms with Gasteiger partial charge in [-0.15, -0.1) is 0 Å².